The normalized spacial score (nSPS) is 18.1. The standard InChI is InChI=1S/C17H20BF2NO7S/c1-8(2)16(25)27-7-17(21-11(22)6-29-3)5-9-4-10(19)13(20)12(15(23)24)14(9)28-18(17)26/h4,8,26H,5-7H2,1-3H3,(H,21,22)(H,23,24)/t17-/m1/s1. The van der Waals surface area contributed by atoms with Gasteiger partial charge in [0.15, 0.2) is 11.6 Å². The molecular weight excluding hydrogens is 411 g/mol. The molecule has 1 aromatic rings. The predicted molar refractivity (Wildman–Crippen MR) is 101 cm³/mol. The number of esters is 1. The van der Waals surface area contributed by atoms with Gasteiger partial charge in [-0.2, -0.15) is 11.8 Å². The van der Waals surface area contributed by atoms with Gasteiger partial charge >= 0.3 is 19.1 Å². The van der Waals surface area contributed by atoms with Crippen LogP contribution in [0.3, 0.4) is 0 Å². The van der Waals surface area contributed by atoms with E-state index in [9.17, 15) is 33.3 Å². The summed E-state index contributed by atoms with van der Waals surface area (Å²) in [6.45, 7) is 2.65. The highest BCUT2D eigenvalue weighted by Gasteiger charge is 2.53. The molecule has 12 heteroatoms. The Hall–Kier alpha value is -2.34. The van der Waals surface area contributed by atoms with Crippen LogP contribution in [0.5, 0.6) is 5.75 Å². The maximum absolute atomic E-state index is 14.0. The second-order valence-electron chi connectivity index (χ2n) is 6.89. The average Bonchev–Trinajstić information content (AvgIpc) is 2.62. The molecule has 1 aliphatic rings. The third-order valence-corrected chi connectivity index (χ3v) is 4.83. The van der Waals surface area contributed by atoms with Crippen LogP contribution in [0, 0.1) is 17.6 Å². The molecule has 0 aliphatic carbocycles. The number of carboxylic acids is 1. The Bertz CT molecular complexity index is 838. The largest absolute Gasteiger partial charge is 0.554 e. The van der Waals surface area contributed by atoms with Crippen molar-refractivity contribution in [1.82, 2.24) is 5.32 Å². The highest BCUT2D eigenvalue weighted by Crippen LogP contribution is 2.37. The molecule has 1 atom stereocenters. The molecule has 1 amide bonds. The van der Waals surface area contributed by atoms with Gasteiger partial charge in [0.05, 0.1) is 11.7 Å². The summed E-state index contributed by atoms with van der Waals surface area (Å²) in [5.74, 6) is -7.00. The second-order valence-corrected chi connectivity index (χ2v) is 7.75. The number of carbonyl (C=O) groups excluding carboxylic acids is 2. The monoisotopic (exact) mass is 431 g/mol. The van der Waals surface area contributed by atoms with Crippen LogP contribution in [-0.2, 0) is 20.7 Å². The molecular formula is C17H20BF2NO7S. The zero-order valence-corrected chi connectivity index (χ0v) is 16.8. The van der Waals surface area contributed by atoms with E-state index in [1.54, 1.807) is 20.1 Å². The van der Waals surface area contributed by atoms with Gasteiger partial charge in [-0.25, -0.2) is 13.6 Å². The molecule has 0 spiro atoms. The van der Waals surface area contributed by atoms with Gasteiger partial charge in [-0.3, -0.25) is 9.59 Å². The number of carboxylic acid groups (broad SMARTS) is 1. The van der Waals surface area contributed by atoms with Crippen LogP contribution in [0.2, 0.25) is 0 Å². The summed E-state index contributed by atoms with van der Waals surface area (Å²) >= 11 is 1.19. The summed E-state index contributed by atoms with van der Waals surface area (Å²) in [5, 5.41) is 22.3. The van der Waals surface area contributed by atoms with E-state index in [2.05, 4.69) is 5.32 Å². The first kappa shape index (κ1) is 22.9. The fourth-order valence-electron chi connectivity index (χ4n) is 2.85. The van der Waals surface area contributed by atoms with E-state index < -0.39 is 65.9 Å². The topological polar surface area (TPSA) is 122 Å². The Morgan fingerprint density at radius 2 is 2.07 bits per heavy atom. The molecule has 3 N–H and O–H groups in total. The summed E-state index contributed by atoms with van der Waals surface area (Å²) in [7, 11) is -1.89. The number of hydrogen-bond acceptors (Lipinski definition) is 7. The predicted octanol–water partition coefficient (Wildman–Crippen LogP) is 1.03. The van der Waals surface area contributed by atoms with Gasteiger partial charge in [-0.15, -0.1) is 0 Å². The van der Waals surface area contributed by atoms with Crippen molar-refractivity contribution >= 4 is 36.7 Å². The number of ether oxygens (including phenoxy) is 1. The average molecular weight is 431 g/mol. The number of fused-ring (bicyclic) bond motifs is 1. The number of rotatable bonds is 7. The molecule has 0 saturated heterocycles. The van der Waals surface area contributed by atoms with Gasteiger partial charge in [-0.1, -0.05) is 13.8 Å². The lowest BCUT2D eigenvalue weighted by Gasteiger charge is -2.39. The fourth-order valence-corrected chi connectivity index (χ4v) is 3.18. The molecule has 29 heavy (non-hydrogen) atoms. The first-order chi connectivity index (χ1) is 13.5. The van der Waals surface area contributed by atoms with Crippen LogP contribution in [0.4, 0.5) is 8.78 Å². The van der Waals surface area contributed by atoms with E-state index in [0.717, 1.165) is 6.07 Å². The Balaban J connectivity index is 2.49. The molecule has 0 radical (unpaired) electrons. The summed E-state index contributed by atoms with van der Waals surface area (Å²) in [6.07, 6.45) is 1.32. The van der Waals surface area contributed by atoms with E-state index in [-0.39, 0.29) is 17.7 Å². The molecule has 0 unspecified atom stereocenters. The molecule has 1 heterocycles. The van der Waals surface area contributed by atoms with Gasteiger partial charge in [0.25, 0.3) is 0 Å². The highest BCUT2D eigenvalue weighted by molar-refractivity contribution is 7.99. The molecule has 0 bridgehead atoms. The van der Waals surface area contributed by atoms with Crippen LogP contribution in [0.25, 0.3) is 0 Å². The van der Waals surface area contributed by atoms with Crippen molar-refractivity contribution in [3.8, 4) is 5.75 Å². The molecule has 0 aromatic heterocycles. The van der Waals surface area contributed by atoms with Crippen molar-refractivity contribution in [2.75, 3.05) is 18.6 Å². The van der Waals surface area contributed by atoms with Gasteiger partial charge in [0.1, 0.15) is 23.4 Å². The maximum Gasteiger partial charge on any atom is 0.554 e. The number of aromatic carboxylic acids is 1. The molecule has 158 valence electrons. The zero-order chi connectivity index (χ0) is 21.9. The molecule has 0 fully saturated rings. The molecule has 2 rings (SSSR count). The van der Waals surface area contributed by atoms with Gasteiger partial charge in [-0.05, 0) is 17.9 Å². The number of benzene rings is 1. The Morgan fingerprint density at radius 1 is 1.41 bits per heavy atom. The molecule has 0 saturated carbocycles. The van der Waals surface area contributed by atoms with Crippen LogP contribution in [0.1, 0.15) is 29.8 Å². The molecule has 1 aromatic carbocycles. The quantitative estimate of drug-likeness (QED) is 0.433. The number of nitrogens with one attached hydrogen (secondary N) is 1. The summed E-state index contributed by atoms with van der Waals surface area (Å²) in [5.41, 5.74) is -2.89. The number of carbonyl (C=O) groups is 3. The third kappa shape index (κ3) is 4.81. The lowest BCUT2D eigenvalue weighted by Crippen LogP contribution is -2.68. The number of halogens is 2. The van der Waals surface area contributed by atoms with Crippen molar-refractivity contribution in [3.63, 3.8) is 0 Å². The Morgan fingerprint density at radius 3 is 2.62 bits per heavy atom. The first-order valence-electron chi connectivity index (χ1n) is 8.58. The minimum Gasteiger partial charge on any atom is -0.534 e. The first-order valence-corrected chi connectivity index (χ1v) is 9.97. The second kappa shape index (κ2) is 8.99. The number of thioether (sulfide) groups is 1. The Kier molecular flexibility index (Phi) is 7.12. The summed E-state index contributed by atoms with van der Waals surface area (Å²) in [4.78, 5) is 35.4. The minimum atomic E-state index is -1.89. The lowest BCUT2D eigenvalue weighted by molar-refractivity contribution is -0.149. The number of hydrogen-bond donors (Lipinski definition) is 3. The smallest absolute Gasteiger partial charge is 0.534 e. The van der Waals surface area contributed by atoms with Crippen molar-refractivity contribution < 1.29 is 42.7 Å². The van der Waals surface area contributed by atoms with Crippen molar-refractivity contribution in [2.45, 2.75) is 25.7 Å². The maximum atomic E-state index is 14.0. The fraction of sp³-hybridized carbons (Fsp3) is 0.471. The minimum absolute atomic E-state index is 0.0115. The lowest BCUT2D eigenvalue weighted by atomic mass is 9.59. The molecule has 1 aliphatic heterocycles. The van der Waals surface area contributed by atoms with E-state index in [1.165, 1.54) is 11.8 Å². The van der Waals surface area contributed by atoms with Gasteiger partial charge in [0, 0.05) is 6.42 Å². The van der Waals surface area contributed by atoms with Crippen molar-refractivity contribution in [1.29, 1.82) is 0 Å². The van der Waals surface area contributed by atoms with Gasteiger partial charge in [0.2, 0.25) is 5.91 Å². The van der Waals surface area contributed by atoms with Crippen LogP contribution < -0.4 is 9.97 Å². The number of amides is 1. The highest BCUT2D eigenvalue weighted by atomic mass is 32.2. The molecule has 8 nitrogen and oxygen atoms in total. The third-order valence-electron chi connectivity index (χ3n) is 4.28. The van der Waals surface area contributed by atoms with E-state index >= 15 is 0 Å². The van der Waals surface area contributed by atoms with E-state index in [4.69, 9.17) is 9.39 Å². The van der Waals surface area contributed by atoms with Crippen molar-refractivity contribution in [2.24, 2.45) is 5.92 Å². The zero-order valence-electron chi connectivity index (χ0n) is 16.0. The van der Waals surface area contributed by atoms with Crippen molar-refractivity contribution in [3.05, 3.63) is 28.8 Å². The van der Waals surface area contributed by atoms with Crippen LogP contribution >= 0.6 is 11.8 Å². The summed E-state index contributed by atoms with van der Waals surface area (Å²) < 4.78 is 38.3. The van der Waals surface area contributed by atoms with E-state index in [0.29, 0.717) is 0 Å². The SMILES string of the molecule is CSCC(=O)N[C@@]1(COC(=O)C(C)C)Cc2cc(F)c(F)c(C(=O)O)c2OB1O. The van der Waals surface area contributed by atoms with Gasteiger partial charge < -0.3 is 24.8 Å². The van der Waals surface area contributed by atoms with E-state index in [1.807, 2.05) is 0 Å². The van der Waals surface area contributed by atoms with Crippen LogP contribution in [0.15, 0.2) is 6.07 Å². The Labute approximate surface area is 170 Å². The summed E-state index contributed by atoms with van der Waals surface area (Å²) in [6, 6.07) is 0.725. The van der Waals surface area contributed by atoms with Crippen LogP contribution in [-0.4, -0.2) is 59.1 Å².